The van der Waals surface area contributed by atoms with Gasteiger partial charge in [0.2, 0.25) is 5.95 Å². The Kier molecular flexibility index (Phi) is 6.53. The Labute approximate surface area is 190 Å². The first-order valence-corrected chi connectivity index (χ1v) is 12.3. The van der Waals surface area contributed by atoms with Gasteiger partial charge in [-0.2, -0.15) is 9.97 Å². The summed E-state index contributed by atoms with van der Waals surface area (Å²) in [6.45, 7) is 6.11. The number of rotatable bonds is 7. The van der Waals surface area contributed by atoms with Crippen LogP contribution in [0.4, 0.5) is 11.8 Å². The lowest BCUT2D eigenvalue weighted by molar-refractivity contribution is 0.211. The fourth-order valence-corrected chi connectivity index (χ4v) is 5.15. The fourth-order valence-electron chi connectivity index (χ4n) is 5.15. The average Bonchev–Trinajstić information content (AvgIpc) is 3.26. The summed E-state index contributed by atoms with van der Waals surface area (Å²) in [4.78, 5) is 17.0. The SMILES string of the molecule is CCNc1nc(NC2CCN(Cc3ccccc3)CC2)c2ncn(C3CCCCC3)c2n1. The molecule has 170 valence electrons. The number of aromatic nitrogens is 4. The van der Waals surface area contributed by atoms with Gasteiger partial charge in [-0.05, 0) is 38.2 Å². The fraction of sp³-hybridized carbons (Fsp3) is 0.560. The van der Waals surface area contributed by atoms with Crippen LogP contribution in [0, 0.1) is 0 Å². The van der Waals surface area contributed by atoms with Crippen LogP contribution in [0.2, 0.25) is 0 Å². The number of fused-ring (bicyclic) bond motifs is 1. The maximum Gasteiger partial charge on any atom is 0.226 e. The summed E-state index contributed by atoms with van der Waals surface area (Å²) in [5.74, 6) is 1.57. The minimum atomic E-state index is 0.412. The molecule has 0 amide bonds. The molecular formula is C25H35N7. The third-order valence-corrected chi connectivity index (χ3v) is 6.90. The topological polar surface area (TPSA) is 70.9 Å². The van der Waals surface area contributed by atoms with E-state index >= 15 is 0 Å². The van der Waals surface area contributed by atoms with E-state index in [-0.39, 0.29) is 0 Å². The summed E-state index contributed by atoms with van der Waals surface area (Å²) < 4.78 is 2.30. The van der Waals surface area contributed by atoms with Gasteiger partial charge in [-0.3, -0.25) is 4.90 Å². The predicted octanol–water partition coefficient (Wildman–Crippen LogP) is 4.84. The summed E-state index contributed by atoms with van der Waals surface area (Å²) in [5.41, 5.74) is 3.26. The van der Waals surface area contributed by atoms with Gasteiger partial charge < -0.3 is 15.2 Å². The summed E-state index contributed by atoms with van der Waals surface area (Å²) in [6.07, 6.45) is 10.6. The Balaban J connectivity index is 1.31. The first kappa shape index (κ1) is 21.2. The molecule has 3 aromatic rings. The van der Waals surface area contributed by atoms with Gasteiger partial charge in [0.25, 0.3) is 0 Å². The van der Waals surface area contributed by atoms with E-state index in [0.717, 1.165) is 56.0 Å². The molecular weight excluding hydrogens is 398 g/mol. The van der Waals surface area contributed by atoms with Crippen molar-refractivity contribution in [3.63, 3.8) is 0 Å². The Morgan fingerprint density at radius 2 is 1.75 bits per heavy atom. The predicted molar refractivity (Wildman–Crippen MR) is 130 cm³/mol. The molecule has 7 heteroatoms. The van der Waals surface area contributed by atoms with Crippen molar-refractivity contribution < 1.29 is 0 Å². The van der Waals surface area contributed by atoms with Gasteiger partial charge in [0, 0.05) is 38.3 Å². The second-order valence-corrected chi connectivity index (χ2v) is 9.22. The number of hydrogen-bond acceptors (Lipinski definition) is 6. The molecule has 1 saturated carbocycles. The lowest BCUT2D eigenvalue weighted by Crippen LogP contribution is -2.38. The number of benzene rings is 1. The minimum absolute atomic E-state index is 0.412. The number of anilines is 2. The lowest BCUT2D eigenvalue weighted by atomic mass is 9.95. The average molecular weight is 434 g/mol. The highest BCUT2D eigenvalue weighted by molar-refractivity contribution is 5.84. The normalized spacial score (nSPS) is 18.8. The quantitative estimate of drug-likeness (QED) is 0.556. The molecule has 1 aliphatic heterocycles. The van der Waals surface area contributed by atoms with Crippen LogP contribution in [-0.4, -0.2) is 50.1 Å². The van der Waals surface area contributed by atoms with E-state index in [9.17, 15) is 0 Å². The minimum Gasteiger partial charge on any atom is -0.365 e. The summed E-state index contributed by atoms with van der Waals surface area (Å²) in [6, 6.07) is 11.7. The number of nitrogens with zero attached hydrogens (tertiary/aromatic N) is 5. The zero-order valence-corrected chi connectivity index (χ0v) is 19.1. The van der Waals surface area contributed by atoms with E-state index in [0.29, 0.717) is 18.0 Å². The molecule has 3 heterocycles. The van der Waals surface area contributed by atoms with Gasteiger partial charge in [-0.15, -0.1) is 0 Å². The van der Waals surface area contributed by atoms with E-state index in [1.165, 1.54) is 37.7 Å². The molecule has 0 radical (unpaired) electrons. The number of nitrogens with one attached hydrogen (secondary N) is 2. The van der Waals surface area contributed by atoms with Crippen molar-refractivity contribution in [3.8, 4) is 0 Å². The standard InChI is InChI=1S/C25H35N7/c1-2-26-25-29-23(22-24(30-25)32(18-27-22)21-11-7-4-8-12-21)28-20-13-15-31(16-14-20)17-19-9-5-3-6-10-19/h3,5-6,9-10,18,20-21H,2,4,7-8,11-17H2,1H3,(H2,26,28,29,30). The van der Waals surface area contributed by atoms with E-state index in [1.807, 2.05) is 6.33 Å². The molecule has 32 heavy (non-hydrogen) atoms. The van der Waals surface area contributed by atoms with E-state index in [2.05, 4.69) is 57.4 Å². The summed E-state index contributed by atoms with van der Waals surface area (Å²) >= 11 is 0. The molecule has 0 atom stereocenters. The third kappa shape index (κ3) is 4.72. The van der Waals surface area contributed by atoms with Crippen molar-refractivity contribution in [1.82, 2.24) is 24.4 Å². The molecule has 0 unspecified atom stereocenters. The van der Waals surface area contributed by atoms with E-state index in [4.69, 9.17) is 15.0 Å². The maximum absolute atomic E-state index is 4.84. The molecule has 1 aliphatic carbocycles. The molecule has 7 nitrogen and oxygen atoms in total. The van der Waals surface area contributed by atoms with Crippen LogP contribution >= 0.6 is 0 Å². The summed E-state index contributed by atoms with van der Waals surface area (Å²) in [5, 5.41) is 7.05. The molecule has 1 saturated heterocycles. The van der Waals surface area contributed by atoms with Crippen molar-refractivity contribution in [2.75, 3.05) is 30.3 Å². The number of likely N-dealkylation sites (tertiary alicyclic amines) is 1. The zero-order chi connectivity index (χ0) is 21.8. The van der Waals surface area contributed by atoms with Gasteiger partial charge in [-0.1, -0.05) is 49.6 Å². The van der Waals surface area contributed by atoms with Crippen molar-refractivity contribution in [3.05, 3.63) is 42.2 Å². The van der Waals surface area contributed by atoms with Crippen LogP contribution in [0.3, 0.4) is 0 Å². The lowest BCUT2D eigenvalue weighted by Gasteiger charge is -2.32. The zero-order valence-electron chi connectivity index (χ0n) is 19.1. The van der Waals surface area contributed by atoms with Crippen molar-refractivity contribution in [2.24, 2.45) is 0 Å². The number of imidazole rings is 1. The summed E-state index contributed by atoms with van der Waals surface area (Å²) in [7, 11) is 0. The largest absolute Gasteiger partial charge is 0.365 e. The molecule has 5 rings (SSSR count). The Hall–Kier alpha value is -2.67. The Morgan fingerprint density at radius 1 is 0.969 bits per heavy atom. The highest BCUT2D eigenvalue weighted by Gasteiger charge is 2.24. The van der Waals surface area contributed by atoms with Gasteiger partial charge in [0.1, 0.15) is 0 Å². The van der Waals surface area contributed by atoms with Crippen LogP contribution < -0.4 is 10.6 Å². The van der Waals surface area contributed by atoms with E-state index in [1.54, 1.807) is 0 Å². The number of piperidine rings is 1. The van der Waals surface area contributed by atoms with Crippen LogP contribution in [0.25, 0.3) is 11.2 Å². The van der Waals surface area contributed by atoms with Crippen molar-refractivity contribution in [1.29, 1.82) is 0 Å². The van der Waals surface area contributed by atoms with Crippen LogP contribution in [0.15, 0.2) is 36.7 Å². The van der Waals surface area contributed by atoms with Crippen molar-refractivity contribution >= 4 is 22.9 Å². The second-order valence-electron chi connectivity index (χ2n) is 9.22. The first-order chi connectivity index (χ1) is 15.8. The smallest absolute Gasteiger partial charge is 0.226 e. The van der Waals surface area contributed by atoms with Crippen LogP contribution in [0.5, 0.6) is 0 Å². The van der Waals surface area contributed by atoms with Gasteiger partial charge in [0.15, 0.2) is 17.0 Å². The van der Waals surface area contributed by atoms with Gasteiger partial charge in [-0.25, -0.2) is 4.98 Å². The first-order valence-electron chi connectivity index (χ1n) is 12.3. The molecule has 2 aliphatic rings. The number of hydrogen-bond donors (Lipinski definition) is 2. The third-order valence-electron chi connectivity index (χ3n) is 6.90. The molecule has 2 N–H and O–H groups in total. The van der Waals surface area contributed by atoms with Gasteiger partial charge in [0.05, 0.1) is 6.33 Å². The Morgan fingerprint density at radius 3 is 2.50 bits per heavy atom. The van der Waals surface area contributed by atoms with Gasteiger partial charge >= 0.3 is 0 Å². The van der Waals surface area contributed by atoms with Crippen LogP contribution in [0.1, 0.15) is 63.5 Å². The molecule has 1 aromatic carbocycles. The monoisotopic (exact) mass is 433 g/mol. The van der Waals surface area contributed by atoms with Crippen molar-refractivity contribution in [2.45, 2.75) is 70.5 Å². The Bertz CT molecular complexity index is 1000. The molecule has 0 bridgehead atoms. The highest BCUT2D eigenvalue weighted by atomic mass is 15.2. The highest BCUT2D eigenvalue weighted by Crippen LogP contribution is 2.32. The molecule has 0 spiro atoms. The van der Waals surface area contributed by atoms with Crippen LogP contribution in [-0.2, 0) is 6.54 Å². The van der Waals surface area contributed by atoms with E-state index < -0.39 is 0 Å². The molecule has 2 aromatic heterocycles. The molecule has 2 fully saturated rings. The second kappa shape index (κ2) is 9.86. The maximum atomic E-state index is 4.84.